The molecule has 2 heterocycles. The average molecular weight is 580 g/mol. The summed E-state index contributed by atoms with van der Waals surface area (Å²) in [5, 5.41) is 0. The van der Waals surface area contributed by atoms with Crippen molar-refractivity contribution in [2.75, 3.05) is 26.2 Å². The summed E-state index contributed by atoms with van der Waals surface area (Å²) in [5.41, 5.74) is -1.02. The number of rotatable bonds is 4. The van der Waals surface area contributed by atoms with Crippen molar-refractivity contribution < 1.29 is 21.6 Å². The third-order valence-corrected chi connectivity index (χ3v) is 10.4. The third kappa shape index (κ3) is 4.01. The van der Waals surface area contributed by atoms with Gasteiger partial charge in [-0.15, -0.1) is 0 Å². The molecule has 4 rings (SSSR count). The van der Waals surface area contributed by atoms with E-state index in [1.807, 2.05) is 0 Å². The van der Waals surface area contributed by atoms with E-state index < -0.39 is 25.8 Å². The van der Waals surface area contributed by atoms with Gasteiger partial charge >= 0.3 is 0 Å². The maximum atomic E-state index is 13.2. The van der Waals surface area contributed by atoms with E-state index in [4.69, 9.17) is 4.74 Å². The molecular weight excluding hydrogens is 560 g/mol. The fraction of sp³-hybridized carbons (Fsp3) is 0.368. The molecule has 2 saturated heterocycles. The van der Waals surface area contributed by atoms with Gasteiger partial charge in [-0.3, -0.25) is 0 Å². The van der Waals surface area contributed by atoms with Gasteiger partial charge in [0.15, 0.2) is 0 Å². The van der Waals surface area contributed by atoms with Gasteiger partial charge in [0.1, 0.15) is 5.72 Å². The van der Waals surface area contributed by atoms with E-state index in [9.17, 15) is 16.8 Å². The summed E-state index contributed by atoms with van der Waals surface area (Å²) in [6.45, 7) is 0.905. The third-order valence-electron chi connectivity index (χ3n) is 5.48. The second kappa shape index (κ2) is 8.27. The summed E-state index contributed by atoms with van der Waals surface area (Å²) in [6.07, 6.45) is 0.553. The Hall–Kier alpha value is -0.820. The molecule has 0 aliphatic carbocycles. The maximum Gasteiger partial charge on any atom is 0.245 e. The Morgan fingerprint density at radius 1 is 0.733 bits per heavy atom. The number of nitrogens with zero attached hydrogens (tertiary/aromatic N) is 2. The Bertz CT molecular complexity index is 1130. The highest BCUT2D eigenvalue weighted by atomic mass is 79.9. The van der Waals surface area contributed by atoms with Gasteiger partial charge in [-0.1, -0.05) is 31.9 Å². The van der Waals surface area contributed by atoms with Gasteiger partial charge in [-0.05, 0) is 48.5 Å². The quantitative estimate of drug-likeness (QED) is 0.554. The average Bonchev–Trinajstić information content (AvgIpc) is 3.13. The summed E-state index contributed by atoms with van der Waals surface area (Å²) in [7, 11) is -7.41. The number of sulfonamides is 2. The van der Waals surface area contributed by atoms with Gasteiger partial charge in [0.25, 0.3) is 0 Å². The van der Waals surface area contributed by atoms with Gasteiger partial charge in [0.05, 0.1) is 16.4 Å². The van der Waals surface area contributed by atoms with E-state index in [1.54, 1.807) is 48.5 Å². The SMILES string of the molecule is O=S(=O)(c1ccc(Br)cc1)N1CCC2(CC1)OCCN2S(=O)(=O)c1ccc(Br)cc1. The molecule has 0 bridgehead atoms. The molecule has 7 nitrogen and oxygen atoms in total. The Balaban J connectivity index is 1.55. The number of ether oxygens (including phenoxy) is 1. The zero-order valence-corrected chi connectivity index (χ0v) is 20.7. The minimum absolute atomic E-state index is 0.185. The fourth-order valence-electron chi connectivity index (χ4n) is 3.89. The molecule has 2 aromatic carbocycles. The van der Waals surface area contributed by atoms with Crippen LogP contribution < -0.4 is 0 Å². The van der Waals surface area contributed by atoms with Gasteiger partial charge in [-0.25, -0.2) is 16.8 Å². The number of hydrogen-bond donors (Lipinski definition) is 0. The molecule has 0 unspecified atom stereocenters. The van der Waals surface area contributed by atoms with Crippen LogP contribution in [-0.2, 0) is 24.8 Å². The molecule has 0 radical (unpaired) electrons. The number of benzene rings is 2. The van der Waals surface area contributed by atoms with Crippen LogP contribution >= 0.6 is 31.9 Å². The summed E-state index contributed by atoms with van der Waals surface area (Å²) in [6, 6.07) is 13.0. The van der Waals surface area contributed by atoms with Crippen LogP contribution in [0.3, 0.4) is 0 Å². The summed E-state index contributed by atoms with van der Waals surface area (Å²) in [4.78, 5) is 0.411. The lowest BCUT2D eigenvalue weighted by Crippen LogP contribution is -2.55. The van der Waals surface area contributed by atoms with E-state index in [0.29, 0.717) is 0 Å². The van der Waals surface area contributed by atoms with Gasteiger partial charge < -0.3 is 4.74 Å². The molecule has 0 amide bonds. The van der Waals surface area contributed by atoms with Crippen molar-refractivity contribution in [2.24, 2.45) is 0 Å². The number of hydrogen-bond acceptors (Lipinski definition) is 5. The van der Waals surface area contributed by atoms with Crippen molar-refractivity contribution in [1.29, 1.82) is 0 Å². The zero-order valence-electron chi connectivity index (χ0n) is 15.9. The summed E-state index contributed by atoms with van der Waals surface area (Å²) < 4.78 is 62.7. The van der Waals surface area contributed by atoms with Crippen molar-refractivity contribution in [2.45, 2.75) is 28.4 Å². The molecule has 2 aliphatic heterocycles. The lowest BCUT2D eigenvalue weighted by molar-refractivity contribution is -0.0806. The number of halogens is 2. The Kier molecular flexibility index (Phi) is 6.17. The molecule has 2 fully saturated rings. The topological polar surface area (TPSA) is 84.0 Å². The molecule has 2 aliphatic rings. The van der Waals surface area contributed by atoms with Gasteiger partial charge in [-0.2, -0.15) is 8.61 Å². The normalized spacial score (nSPS) is 20.6. The van der Waals surface area contributed by atoms with Crippen LogP contribution in [0, 0.1) is 0 Å². The van der Waals surface area contributed by atoms with E-state index in [2.05, 4.69) is 31.9 Å². The first-order chi connectivity index (χ1) is 14.1. The first-order valence-electron chi connectivity index (χ1n) is 9.33. The second-order valence-corrected chi connectivity index (χ2v) is 12.8. The van der Waals surface area contributed by atoms with E-state index >= 15 is 0 Å². The molecule has 0 aromatic heterocycles. The van der Waals surface area contributed by atoms with Crippen LogP contribution in [0.25, 0.3) is 0 Å². The molecule has 0 saturated carbocycles. The van der Waals surface area contributed by atoms with Crippen LogP contribution in [0.5, 0.6) is 0 Å². The predicted octanol–water partition coefficient (Wildman–Crippen LogP) is 3.41. The van der Waals surface area contributed by atoms with Crippen LogP contribution in [0.4, 0.5) is 0 Å². The summed E-state index contributed by atoms with van der Waals surface area (Å²) >= 11 is 6.62. The van der Waals surface area contributed by atoms with E-state index in [-0.39, 0.29) is 48.9 Å². The highest BCUT2D eigenvalue weighted by Crippen LogP contribution is 2.39. The molecule has 2 aromatic rings. The molecule has 162 valence electrons. The van der Waals surface area contributed by atoms with Crippen LogP contribution in [0.15, 0.2) is 67.3 Å². The van der Waals surface area contributed by atoms with Crippen LogP contribution in [0.1, 0.15) is 12.8 Å². The second-order valence-electron chi connectivity index (χ2n) is 7.18. The van der Waals surface area contributed by atoms with Gasteiger partial charge in [0, 0.05) is 41.4 Å². The van der Waals surface area contributed by atoms with E-state index in [0.717, 1.165) is 8.95 Å². The minimum atomic E-state index is -3.76. The van der Waals surface area contributed by atoms with Crippen molar-refractivity contribution in [3.8, 4) is 0 Å². The fourth-order valence-corrected chi connectivity index (χ4v) is 7.59. The lowest BCUT2D eigenvalue weighted by atomic mass is 10.0. The maximum absolute atomic E-state index is 13.2. The molecule has 0 N–H and O–H groups in total. The highest BCUT2D eigenvalue weighted by molar-refractivity contribution is 9.10. The van der Waals surface area contributed by atoms with Crippen LogP contribution in [-0.4, -0.2) is 57.4 Å². The van der Waals surface area contributed by atoms with E-state index in [1.165, 1.54) is 8.61 Å². The zero-order chi connectivity index (χ0) is 21.6. The summed E-state index contributed by atoms with van der Waals surface area (Å²) in [5.74, 6) is 0. The molecule has 0 atom stereocenters. The molecule has 30 heavy (non-hydrogen) atoms. The predicted molar refractivity (Wildman–Crippen MR) is 119 cm³/mol. The smallest absolute Gasteiger partial charge is 0.245 e. The first-order valence-corrected chi connectivity index (χ1v) is 13.8. The largest absolute Gasteiger partial charge is 0.358 e. The molecule has 11 heteroatoms. The highest BCUT2D eigenvalue weighted by Gasteiger charge is 2.51. The molecular formula is C19H20Br2N2O5S2. The van der Waals surface area contributed by atoms with Crippen molar-refractivity contribution in [3.05, 3.63) is 57.5 Å². The lowest BCUT2D eigenvalue weighted by Gasteiger charge is -2.42. The van der Waals surface area contributed by atoms with Crippen molar-refractivity contribution in [3.63, 3.8) is 0 Å². The molecule has 1 spiro atoms. The van der Waals surface area contributed by atoms with Crippen molar-refractivity contribution >= 4 is 51.9 Å². The monoisotopic (exact) mass is 578 g/mol. The standard InChI is InChI=1S/C19H20Br2N2O5S2/c20-15-1-5-17(6-2-15)29(24,25)22-11-9-19(10-12-22)23(13-14-28-19)30(26,27)18-7-3-16(21)4-8-18/h1-8H,9-14H2. The minimum Gasteiger partial charge on any atom is -0.358 e. The number of piperidine rings is 1. The Labute approximate surface area is 193 Å². The van der Waals surface area contributed by atoms with Crippen molar-refractivity contribution in [1.82, 2.24) is 8.61 Å². The Morgan fingerprint density at radius 2 is 1.20 bits per heavy atom. The van der Waals surface area contributed by atoms with Gasteiger partial charge in [0.2, 0.25) is 20.0 Å². The first kappa shape index (κ1) is 22.4. The van der Waals surface area contributed by atoms with Crippen LogP contribution in [0.2, 0.25) is 0 Å². The Morgan fingerprint density at radius 3 is 1.70 bits per heavy atom.